The van der Waals surface area contributed by atoms with Crippen LogP contribution in [0.2, 0.25) is 0 Å². The van der Waals surface area contributed by atoms with Crippen molar-refractivity contribution < 1.29 is 0 Å². The van der Waals surface area contributed by atoms with Crippen LogP contribution in [0.5, 0.6) is 0 Å². The van der Waals surface area contributed by atoms with Crippen molar-refractivity contribution in [1.82, 2.24) is 4.67 Å². The molecule has 32 valence electrons. The highest BCUT2D eigenvalue weighted by Gasteiger charge is 1.72. The Kier molecular flexibility index (Phi) is 3.39. The highest BCUT2D eigenvalue weighted by molar-refractivity contribution is 8.37. The molecule has 5 heavy (non-hydrogen) atoms. The third-order valence-corrected chi connectivity index (χ3v) is 1.80. The van der Waals surface area contributed by atoms with Gasteiger partial charge in [-0.05, 0) is 14.1 Å². The van der Waals surface area contributed by atoms with E-state index in [1.807, 2.05) is 18.8 Å². The van der Waals surface area contributed by atoms with Crippen molar-refractivity contribution in [3.8, 4) is 0 Å². The van der Waals surface area contributed by atoms with E-state index in [2.05, 4.69) is 12.2 Å². The van der Waals surface area contributed by atoms with Gasteiger partial charge < -0.3 is 0 Å². The van der Waals surface area contributed by atoms with Crippen LogP contribution in [0.1, 0.15) is 0 Å². The summed E-state index contributed by atoms with van der Waals surface area (Å²) < 4.78 is 2.02. The maximum atomic E-state index is 3.97. The zero-order valence-electron chi connectivity index (χ0n) is 3.39. The SMILES string of the molecule is CN(C)PS. The van der Waals surface area contributed by atoms with Gasteiger partial charge in [0.15, 0.2) is 0 Å². The van der Waals surface area contributed by atoms with Gasteiger partial charge in [0.2, 0.25) is 0 Å². The van der Waals surface area contributed by atoms with E-state index in [1.54, 1.807) is 0 Å². The summed E-state index contributed by atoms with van der Waals surface area (Å²) in [7, 11) is 4.62. The molecule has 1 nitrogen and oxygen atoms in total. The van der Waals surface area contributed by atoms with Gasteiger partial charge in [-0.25, -0.2) is 0 Å². The molecule has 0 bridgehead atoms. The number of thiol groups is 1. The first-order chi connectivity index (χ1) is 2.27. The van der Waals surface area contributed by atoms with Gasteiger partial charge >= 0.3 is 0 Å². The first-order valence-corrected chi connectivity index (χ1v) is 3.58. The lowest BCUT2D eigenvalue weighted by molar-refractivity contribution is 0.701. The fourth-order valence-corrected chi connectivity index (χ4v) is 0. The van der Waals surface area contributed by atoms with E-state index in [9.17, 15) is 0 Å². The van der Waals surface area contributed by atoms with Gasteiger partial charge in [-0.2, -0.15) is 0 Å². The molecule has 0 heterocycles. The van der Waals surface area contributed by atoms with Crippen LogP contribution in [-0.4, -0.2) is 18.8 Å². The minimum atomic E-state index is 0.642. The molecule has 0 aromatic carbocycles. The van der Waals surface area contributed by atoms with Crippen molar-refractivity contribution in [3.63, 3.8) is 0 Å². The van der Waals surface area contributed by atoms with Crippen LogP contribution < -0.4 is 0 Å². The summed E-state index contributed by atoms with van der Waals surface area (Å²) in [6.07, 6.45) is 0. The topological polar surface area (TPSA) is 3.24 Å². The smallest absolute Gasteiger partial charge is 0.00623 e. The summed E-state index contributed by atoms with van der Waals surface area (Å²) in [5.74, 6) is 0. The Balaban J connectivity index is 2.54. The minimum Gasteiger partial charge on any atom is -0.283 e. The quantitative estimate of drug-likeness (QED) is 0.388. The van der Waals surface area contributed by atoms with Crippen LogP contribution in [0.3, 0.4) is 0 Å². The second-order valence-corrected chi connectivity index (χ2v) is 2.69. The van der Waals surface area contributed by atoms with Crippen LogP contribution in [-0.2, 0) is 0 Å². The van der Waals surface area contributed by atoms with Crippen LogP contribution in [0.4, 0.5) is 0 Å². The highest BCUT2D eigenvalue weighted by Crippen LogP contribution is 2.15. The maximum absolute atomic E-state index is 3.97. The standard InChI is InChI=1S/C2H8NPS/c1-3(2)4-5/h4-5H,1-2H3. The van der Waals surface area contributed by atoms with Gasteiger partial charge in [0.05, 0.1) is 0 Å². The Labute approximate surface area is 39.7 Å². The van der Waals surface area contributed by atoms with Crippen molar-refractivity contribution in [2.45, 2.75) is 0 Å². The predicted molar refractivity (Wildman–Crippen MR) is 31.0 cm³/mol. The molecule has 0 aliphatic carbocycles. The number of nitrogens with zero attached hydrogens (tertiary/aromatic N) is 1. The third-order valence-electron chi connectivity index (χ3n) is 0.200. The van der Waals surface area contributed by atoms with E-state index >= 15 is 0 Å². The molecular weight excluding hydrogens is 101 g/mol. The summed E-state index contributed by atoms with van der Waals surface area (Å²) >= 11 is 3.97. The molecule has 0 fully saturated rings. The molecule has 0 spiro atoms. The Morgan fingerprint density at radius 2 is 1.80 bits per heavy atom. The molecule has 0 saturated heterocycles. The molecule has 0 amide bonds. The summed E-state index contributed by atoms with van der Waals surface area (Å²) in [4.78, 5) is 0. The van der Waals surface area contributed by atoms with E-state index in [1.165, 1.54) is 0 Å². The van der Waals surface area contributed by atoms with E-state index in [4.69, 9.17) is 0 Å². The molecule has 1 atom stereocenters. The Morgan fingerprint density at radius 1 is 1.60 bits per heavy atom. The van der Waals surface area contributed by atoms with E-state index in [0.717, 1.165) is 0 Å². The fraction of sp³-hybridized carbons (Fsp3) is 1.00. The van der Waals surface area contributed by atoms with Gasteiger partial charge in [-0.15, -0.1) is 12.2 Å². The third kappa shape index (κ3) is 4.74. The largest absolute Gasteiger partial charge is 0.283 e. The second kappa shape index (κ2) is 2.95. The van der Waals surface area contributed by atoms with Gasteiger partial charge in [0.25, 0.3) is 0 Å². The highest BCUT2D eigenvalue weighted by atomic mass is 32.7. The molecule has 0 aromatic rings. The number of hydrogen-bond acceptors (Lipinski definition) is 2. The van der Waals surface area contributed by atoms with Gasteiger partial charge in [0, 0.05) is 7.93 Å². The first-order valence-electron chi connectivity index (χ1n) is 1.34. The summed E-state index contributed by atoms with van der Waals surface area (Å²) in [5, 5.41) is 0. The van der Waals surface area contributed by atoms with E-state index < -0.39 is 0 Å². The van der Waals surface area contributed by atoms with E-state index in [0.29, 0.717) is 7.93 Å². The fourth-order valence-electron chi connectivity index (χ4n) is 0. The molecule has 0 N–H and O–H groups in total. The first kappa shape index (κ1) is 5.74. The zero-order chi connectivity index (χ0) is 4.28. The summed E-state index contributed by atoms with van der Waals surface area (Å²) in [5.41, 5.74) is 0. The average Bonchev–Trinajstić information content (AvgIpc) is 1.38. The molecule has 3 heteroatoms. The lowest BCUT2D eigenvalue weighted by Crippen LogP contribution is -1.91. The van der Waals surface area contributed by atoms with E-state index in [-0.39, 0.29) is 0 Å². The van der Waals surface area contributed by atoms with Crippen LogP contribution >= 0.6 is 20.2 Å². The predicted octanol–water partition coefficient (Wildman–Crippen LogP) is 0.986. The second-order valence-electron chi connectivity index (χ2n) is 0.994. The van der Waals surface area contributed by atoms with Gasteiger partial charge in [-0.3, -0.25) is 4.67 Å². The molecule has 0 saturated carbocycles. The monoisotopic (exact) mass is 109 g/mol. The Bertz CT molecular complexity index is 23.6. The van der Waals surface area contributed by atoms with Crippen molar-refractivity contribution in [1.29, 1.82) is 0 Å². The maximum Gasteiger partial charge on any atom is 0.00623 e. The summed E-state index contributed by atoms with van der Waals surface area (Å²) in [6, 6.07) is 0. The van der Waals surface area contributed by atoms with Crippen molar-refractivity contribution >= 4 is 20.2 Å². The van der Waals surface area contributed by atoms with Gasteiger partial charge in [0.1, 0.15) is 0 Å². The van der Waals surface area contributed by atoms with Crippen molar-refractivity contribution in [2.24, 2.45) is 0 Å². The lowest BCUT2D eigenvalue weighted by atomic mass is 11.3. The molecule has 0 aliphatic rings. The Morgan fingerprint density at radius 3 is 1.80 bits per heavy atom. The molecular formula is C2H8NPS. The van der Waals surface area contributed by atoms with Crippen molar-refractivity contribution in [2.75, 3.05) is 14.1 Å². The molecule has 0 aromatic heterocycles. The molecule has 1 unspecified atom stereocenters. The molecule has 0 rings (SSSR count). The molecule has 0 aliphatic heterocycles. The van der Waals surface area contributed by atoms with Crippen LogP contribution in [0.15, 0.2) is 0 Å². The van der Waals surface area contributed by atoms with Crippen LogP contribution in [0.25, 0.3) is 0 Å². The Hall–Kier alpha value is 0.740. The summed E-state index contributed by atoms with van der Waals surface area (Å²) in [6.45, 7) is 0. The molecule has 0 radical (unpaired) electrons. The van der Waals surface area contributed by atoms with Gasteiger partial charge in [-0.1, -0.05) is 0 Å². The minimum absolute atomic E-state index is 0.642. The lowest BCUT2D eigenvalue weighted by Gasteiger charge is -1.98. The zero-order valence-corrected chi connectivity index (χ0v) is 5.29. The number of hydrogen-bond donors (Lipinski definition) is 1. The number of rotatable bonds is 1. The normalized spacial score (nSPS) is 12.0. The van der Waals surface area contributed by atoms with Crippen LogP contribution in [0, 0.1) is 0 Å². The van der Waals surface area contributed by atoms with Crippen molar-refractivity contribution in [3.05, 3.63) is 0 Å². The average molecular weight is 109 g/mol.